The van der Waals surface area contributed by atoms with Crippen molar-refractivity contribution in [3.05, 3.63) is 57.9 Å². The number of nitrogens with zero attached hydrogens (tertiary/aromatic N) is 3. The highest BCUT2D eigenvalue weighted by atomic mass is 19.3. The van der Waals surface area contributed by atoms with Gasteiger partial charge in [-0.2, -0.15) is 13.9 Å². The lowest BCUT2D eigenvalue weighted by Crippen LogP contribution is -2.20. The van der Waals surface area contributed by atoms with Crippen molar-refractivity contribution >= 4 is 0 Å². The molecular weight excluding hydrogens is 424 g/mol. The molecule has 2 heterocycles. The number of nitrogens with two attached hydrogens (primary N) is 1. The molecule has 9 nitrogen and oxygen atoms in total. The van der Waals surface area contributed by atoms with E-state index in [2.05, 4.69) is 15.2 Å². The number of halogens is 2. The summed E-state index contributed by atoms with van der Waals surface area (Å²) in [5.74, 6) is 1.76. The third kappa shape index (κ3) is 4.33. The van der Waals surface area contributed by atoms with Gasteiger partial charge in [-0.25, -0.2) is 19.4 Å². The topological polar surface area (TPSA) is 117 Å². The molecule has 3 N–H and O–H groups in total. The molecule has 11 heteroatoms. The van der Waals surface area contributed by atoms with Crippen molar-refractivity contribution in [1.82, 2.24) is 19.7 Å². The molecular formula is C21H23F2N5O4. The summed E-state index contributed by atoms with van der Waals surface area (Å²) in [6.07, 6.45) is -0.619. The van der Waals surface area contributed by atoms with Gasteiger partial charge in [0.05, 0.1) is 21.3 Å². The fourth-order valence-electron chi connectivity index (χ4n) is 3.28. The second-order valence-electron chi connectivity index (χ2n) is 6.80. The number of aromatic amines is 1. The number of hydrogen-bond donors (Lipinski definition) is 2. The lowest BCUT2D eigenvalue weighted by atomic mass is 10.0. The first-order valence-electron chi connectivity index (χ1n) is 9.51. The molecule has 0 spiro atoms. The van der Waals surface area contributed by atoms with Crippen LogP contribution in [0, 0.1) is 6.92 Å². The van der Waals surface area contributed by atoms with Gasteiger partial charge in [-0.05, 0) is 36.2 Å². The van der Waals surface area contributed by atoms with Gasteiger partial charge in [0.1, 0.15) is 11.6 Å². The Morgan fingerprint density at radius 3 is 2.25 bits per heavy atom. The highest BCUT2D eigenvalue weighted by molar-refractivity contribution is 5.71. The fourth-order valence-corrected chi connectivity index (χ4v) is 3.28. The normalized spacial score (nSPS) is 10.7. The Labute approximate surface area is 182 Å². The van der Waals surface area contributed by atoms with Gasteiger partial charge in [-0.1, -0.05) is 0 Å². The van der Waals surface area contributed by atoms with Gasteiger partial charge in [-0.3, -0.25) is 0 Å². The molecule has 0 radical (unpaired) electrons. The van der Waals surface area contributed by atoms with Crippen molar-refractivity contribution in [2.45, 2.75) is 13.3 Å². The molecule has 1 aromatic carbocycles. The van der Waals surface area contributed by atoms with Crippen LogP contribution >= 0.6 is 0 Å². The first-order valence-corrected chi connectivity index (χ1v) is 9.51. The van der Waals surface area contributed by atoms with Gasteiger partial charge in [0.15, 0.2) is 11.5 Å². The number of hydrogen-bond acceptors (Lipinski definition) is 7. The second-order valence-corrected chi connectivity index (χ2v) is 6.80. The van der Waals surface area contributed by atoms with Crippen LogP contribution in [0.3, 0.4) is 0 Å². The molecule has 2 aromatic heterocycles. The summed E-state index contributed by atoms with van der Waals surface area (Å²) < 4.78 is 43.4. The van der Waals surface area contributed by atoms with Gasteiger partial charge in [0.25, 0.3) is 6.08 Å². The van der Waals surface area contributed by atoms with E-state index in [1.807, 2.05) is 6.07 Å². The van der Waals surface area contributed by atoms with Crippen LogP contribution in [0.15, 0.2) is 40.8 Å². The van der Waals surface area contributed by atoms with Crippen LogP contribution in [0.1, 0.15) is 11.4 Å². The minimum Gasteiger partial charge on any atom is -0.493 e. The maximum absolute atomic E-state index is 13.1. The lowest BCUT2D eigenvalue weighted by Gasteiger charge is -2.15. The van der Waals surface area contributed by atoms with E-state index in [-0.39, 0.29) is 30.2 Å². The van der Waals surface area contributed by atoms with E-state index >= 15 is 0 Å². The van der Waals surface area contributed by atoms with Gasteiger partial charge >= 0.3 is 5.69 Å². The number of nitrogens with one attached hydrogen (secondary N) is 1. The molecule has 32 heavy (non-hydrogen) atoms. The van der Waals surface area contributed by atoms with Crippen molar-refractivity contribution in [3.63, 3.8) is 0 Å². The summed E-state index contributed by atoms with van der Waals surface area (Å²) >= 11 is 0. The first kappa shape index (κ1) is 22.9. The molecule has 0 aliphatic carbocycles. The quantitative estimate of drug-likeness (QED) is 0.545. The second kappa shape index (κ2) is 9.60. The Morgan fingerprint density at radius 2 is 1.75 bits per heavy atom. The minimum atomic E-state index is -1.89. The predicted molar refractivity (Wildman–Crippen MR) is 114 cm³/mol. The maximum atomic E-state index is 13.1. The number of rotatable bonds is 8. The third-order valence-corrected chi connectivity index (χ3v) is 4.89. The van der Waals surface area contributed by atoms with Crippen LogP contribution in [-0.2, 0) is 6.42 Å². The standard InChI is InChI=1S/C21H23F2N5O4/c1-11-5-14(12-6-15(30-2)18(32-4)16(7-12)31-3)10-25-20(11)28-17(26-27-21(28)29)8-13(9-24)19(22)23/h5-7,10H,8-9,24H2,1-4H3,(H,27,29). The Kier molecular flexibility index (Phi) is 6.89. The Morgan fingerprint density at radius 1 is 1.09 bits per heavy atom. The Bertz CT molecular complexity index is 1190. The number of benzene rings is 1. The summed E-state index contributed by atoms with van der Waals surface area (Å²) in [6, 6.07) is 5.35. The average Bonchev–Trinajstić information content (AvgIpc) is 3.15. The van der Waals surface area contributed by atoms with E-state index in [4.69, 9.17) is 19.9 Å². The van der Waals surface area contributed by atoms with E-state index in [0.29, 0.717) is 22.8 Å². The van der Waals surface area contributed by atoms with E-state index < -0.39 is 11.8 Å². The Balaban J connectivity index is 2.07. The zero-order chi connectivity index (χ0) is 23.4. The van der Waals surface area contributed by atoms with Crippen LogP contribution < -0.4 is 25.6 Å². The van der Waals surface area contributed by atoms with Crippen molar-refractivity contribution in [2.24, 2.45) is 5.73 Å². The van der Waals surface area contributed by atoms with E-state index in [0.717, 1.165) is 15.7 Å². The first-order chi connectivity index (χ1) is 15.3. The monoisotopic (exact) mass is 447 g/mol. The number of aromatic nitrogens is 4. The summed E-state index contributed by atoms with van der Waals surface area (Å²) in [6.45, 7) is 1.40. The molecule has 0 aliphatic rings. The van der Waals surface area contributed by atoms with Crippen molar-refractivity contribution in [3.8, 4) is 34.2 Å². The molecule has 0 fully saturated rings. The molecule has 0 bridgehead atoms. The largest absolute Gasteiger partial charge is 0.493 e. The van der Waals surface area contributed by atoms with E-state index in [9.17, 15) is 13.6 Å². The molecule has 3 rings (SSSR count). The van der Waals surface area contributed by atoms with Crippen LogP contribution in [-0.4, -0.2) is 47.6 Å². The molecule has 0 amide bonds. The molecule has 0 atom stereocenters. The number of ether oxygens (including phenoxy) is 3. The summed E-state index contributed by atoms with van der Waals surface area (Å²) in [7, 11) is 4.55. The molecule has 0 unspecified atom stereocenters. The van der Waals surface area contributed by atoms with E-state index in [1.54, 1.807) is 25.3 Å². The lowest BCUT2D eigenvalue weighted by molar-refractivity contribution is 0.324. The van der Waals surface area contributed by atoms with Gasteiger partial charge in [0.2, 0.25) is 5.75 Å². The van der Waals surface area contributed by atoms with Crippen molar-refractivity contribution in [2.75, 3.05) is 27.9 Å². The molecule has 170 valence electrons. The fraction of sp³-hybridized carbons (Fsp3) is 0.286. The summed E-state index contributed by atoms with van der Waals surface area (Å²) in [5.41, 5.74) is 6.58. The van der Waals surface area contributed by atoms with Gasteiger partial charge < -0.3 is 19.9 Å². The molecule has 3 aromatic rings. The van der Waals surface area contributed by atoms with E-state index in [1.165, 1.54) is 21.3 Å². The highest BCUT2D eigenvalue weighted by Crippen LogP contribution is 2.41. The minimum absolute atomic E-state index is 0.0828. The molecule has 0 saturated carbocycles. The maximum Gasteiger partial charge on any atom is 0.349 e. The number of aryl methyl sites for hydroxylation is 1. The predicted octanol–water partition coefficient (Wildman–Crippen LogP) is 2.61. The van der Waals surface area contributed by atoms with Gasteiger partial charge in [0, 0.05) is 30.3 Å². The smallest absolute Gasteiger partial charge is 0.349 e. The van der Waals surface area contributed by atoms with Crippen molar-refractivity contribution < 1.29 is 23.0 Å². The number of pyridine rings is 1. The molecule has 0 aliphatic heterocycles. The Hall–Kier alpha value is -3.73. The van der Waals surface area contributed by atoms with Crippen molar-refractivity contribution in [1.29, 1.82) is 0 Å². The molecule has 0 saturated heterocycles. The van der Waals surface area contributed by atoms with Gasteiger partial charge in [-0.15, -0.1) is 0 Å². The van der Waals surface area contributed by atoms with Crippen LogP contribution in [0.5, 0.6) is 17.2 Å². The SMILES string of the molecule is COc1cc(-c2cnc(-n3c(CC(CN)=C(F)F)n[nH]c3=O)c(C)c2)cc(OC)c1OC. The average molecular weight is 447 g/mol. The highest BCUT2D eigenvalue weighted by Gasteiger charge is 2.19. The zero-order valence-corrected chi connectivity index (χ0v) is 18.0. The van der Waals surface area contributed by atoms with Crippen LogP contribution in [0.25, 0.3) is 16.9 Å². The summed E-state index contributed by atoms with van der Waals surface area (Å²) in [4.78, 5) is 16.8. The zero-order valence-electron chi connectivity index (χ0n) is 18.0. The number of methoxy groups -OCH3 is 3. The summed E-state index contributed by atoms with van der Waals surface area (Å²) in [5, 5.41) is 6.15. The third-order valence-electron chi connectivity index (χ3n) is 4.89. The number of H-pyrrole nitrogens is 1. The van der Waals surface area contributed by atoms with Crippen LogP contribution in [0.2, 0.25) is 0 Å². The van der Waals surface area contributed by atoms with Crippen LogP contribution in [0.4, 0.5) is 8.78 Å².